The van der Waals surface area contributed by atoms with E-state index in [1.165, 1.54) is 16.2 Å². The molecule has 0 amide bonds. The number of rotatable bonds is 4. The van der Waals surface area contributed by atoms with Gasteiger partial charge in [-0.1, -0.05) is 12.1 Å². The Hall–Kier alpha value is -0.160. The summed E-state index contributed by atoms with van der Waals surface area (Å²) in [6.07, 6.45) is 2.11. The fourth-order valence-electron chi connectivity index (χ4n) is 2.64. The zero-order valence-electron chi connectivity index (χ0n) is 12.1. The van der Waals surface area contributed by atoms with Crippen molar-refractivity contribution >= 4 is 23.5 Å². The molecule has 2 nitrogen and oxygen atoms in total. The summed E-state index contributed by atoms with van der Waals surface area (Å²) in [6, 6.07) is 9.23. The quantitative estimate of drug-likeness (QED) is 0.864. The number of hydrogen-bond acceptors (Lipinski definition) is 4. The van der Waals surface area contributed by atoms with E-state index in [-0.39, 0.29) is 0 Å². The van der Waals surface area contributed by atoms with Gasteiger partial charge >= 0.3 is 0 Å². The van der Waals surface area contributed by atoms with Gasteiger partial charge in [-0.3, -0.25) is 4.90 Å². The monoisotopic (exact) mass is 296 g/mol. The van der Waals surface area contributed by atoms with Gasteiger partial charge in [0.1, 0.15) is 0 Å². The normalized spacial score (nSPS) is 21.3. The molecule has 2 N–H and O–H groups in total. The van der Waals surface area contributed by atoms with E-state index >= 15 is 0 Å². The number of nitrogens with two attached hydrogens (primary N) is 1. The van der Waals surface area contributed by atoms with Crippen LogP contribution < -0.4 is 5.73 Å². The molecule has 106 valence electrons. The van der Waals surface area contributed by atoms with Gasteiger partial charge in [-0.15, -0.1) is 11.8 Å². The summed E-state index contributed by atoms with van der Waals surface area (Å²) in [5.41, 5.74) is 7.39. The molecule has 0 aromatic heterocycles. The molecule has 0 spiro atoms. The van der Waals surface area contributed by atoms with Crippen molar-refractivity contribution in [2.75, 3.05) is 31.6 Å². The third kappa shape index (κ3) is 3.91. The van der Waals surface area contributed by atoms with Crippen LogP contribution in [0.4, 0.5) is 0 Å². The van der Waals surface area contributed by atoms with Crippen molar-refractivity contribution in [1.82, 2.24) is 4.90 Å². The minimum Gasteiger partial charge on any atom is -0.329 e. The standard InChI is InChI=1S/C15H24N2S2/c1-15(2)11-17(8-9-19-15)14(10-16)12-4-6-13(18-3)7-5-12/h4-7,14H,8-11,16H2,1-3H3. The molecule has 1 heterocycles. The van der Waals surface area contributed by atoms with E-state index in [0.29, 0.717) is 17.3 Å². The lowest BCUT2D eigenvalue weighted by Gasteiger charge is -2.41. The number of hydrogen-bond donors (Lipinski definition) is 1. The lowest BCUT2D eigenvalue weighted by atomic mass is 10.0. The number of benzene rings is 1. The van der Waals surface area contributed by atoms with Gasteiger partial charge in [-0.2, -0.15) is 11.8 Å². The van der Waals surface area contributed by atoms with E-state index < -0.39 is 0 Å². The first-order valence-corrected chi connectivity index (χ1v) is 8.99. The van der Waals surface area contributed by atoms with Gasteiger partial charge in [-0.05, 0) is 37.8 Å². The van der Waals surface area contributed by atoms with Gasteiger partial charge in [0.25, 0.3) is 0 Å². The zero-order valence-corrected chi connectivity index (χ0v) is 13.7. The average Bonchev–Trinajstić information content (AvgIpc) is 2.39. The molecular formula is C15H24N2S2. The van der Waals surface area contributed by atoms with E-state index in [0.717, 1.165) is 13.1 Å². The lowest BCUT2D eigenvalue weighted by Crippen LogP contribution is -2.46. The highest BCUT2D eigenvalue weighted by Gasteiger charge is 2.31. The van der Waals surface area contributed by atoms with Crippen molar-refractivity contribution in [2.24, 2.45) is 5.73 Å². The maximum Gasteiger partial charge on any atom is 0.0471 e. The molecule has 1 aromatic carbocycles. The zero-order chi connectivity index (χ0) is 13.9. The molecule has 1 unspecified atom stereocenters. The van der Waals surface area contributed by atoms with Crippen LogP contribution in [0.2, 0.25) is 0 Å². The van der Waals surface area contributed by atoms with Gasteiger partial charge < -0.3 is 5.73 Å². The van der Waals surface area contributed by atoms with Gasteiger partial charge in [0, 0.05) is 41.1 Å². The highest BCUT2D eigenvalue weighted by atomic mass is 32.2. The Morgan fingerprint density at radius 2 is 2.05 bits per heavy atom. The van der Waals surface area contributed by atoms with Crippen LogP contribution in [0, 0.1) is 0 Å². The molecule has 0 bridgehead atoms. The fourth-order valence-corrected chi connectivity index (χ4v) is 4.18. The van der Waals surface area contributed by atoms with Crippen molar-refractivity contribution in [3.63, 3.8) is 0 Å². The Morgan fingerprint density at radius 1 is 1.37 bits per heavy atom. The maximum atomic E-state index is 6.04. The molecule has 0 saturated carbocycles. The summed E-state index contributed by atoms with van der Waals surface area (Å²) in [4.78, 5) is 3.86. The van der Waals surface area contributed by atoms with Crippen LogP contribution in [-0.4, -0.2) is 41.3 Å². The van der Waals surface area contributed by atoms with Crippen LogP contribution >= 0.6 is 23.5 Å². The maximum absolute atomic E-state index is 6.04. The minimum absolute atomic E-state index is 0.338. The summed E-state index contributed by atoms with van der Waals surface area (Å²) in [5.74, 6) is 1.20. The summed E-state index contributed by atoms with van der Waals surface area (Å²) < 4.78 is 0.338. The Bertz CT molecular complexity index is 403. The third-order valence-corrected chi connectivity index (χ3v) is 5.66. The first-order valence-electron chi connectivity index (χ1n) is 6.78. The van der Waals surface area contributed by atoms with Gasteiger partial charge in [-0.25, -0.2) is 0 Å². The topological polar surface area (TPSA) is 29.3 Å². The largest absolute Gasteiger partial charge is 0.329 e. The molecule has 1 aliphatic heterocycles. The van der Waals surface area contributed by atoms with Gasteiger partial charge in [0.05, 0.1) is 0 Å². The van der Waals surface area contributed by atoms with Crippen LogP contribution in [0.15, 0.2) is 29.2 Å². The highest BCUT2D eigenvalue weighted by molar-refractivity contribution is 8.00. The molecule has 1 aromatic rings. The van der Waals surface area contributed by atoms with Crippen LogP contribution in [0.5, 0.6) is 0 Å². The molecule has 0 aliphatic carbocycles. The molecule has 2 rings (SSSR count). The second-order valence-electron chi connectivity index (χ2n) is 5.60. The Balaban J connectivity index is 2.14. The molecule has 4 heteroatoms. The van der Waals surface area contributed by atoms with Crippen molar-refractivity contribution in [3.8, 4) is 0 Å². The predicted molar refractivity (Wildman–Crippen MR) is 88.1 cm³/mol. The van der Waals surface area contributed by atoms with E-state index in [9.17, 15) is 0 Å². The smallest absolute Gasteiger partial charge is 0.0471 e. The first kappa shape index (κ1) is 15.2. The van der Waals surface area contributed by atoms with Crippen LogP contribution in [0.25, 0.3) is 0 Å². The predicted octanol–water partition coefficient (Wildman–Crippen LogP) is 3.24. The molecule has 19 heavy (non-hydrogen) atoms. The first-order chi connectivity index (χ1) is 9.05. The molecule has 1 atom stereocenters. The summed E-state index contributed by atoms with van der Waals surface area (Å²) in [7, 11) is 0. The second kappa shape index (κ2) is 6.53. The summed E-state index contributed by atoms with van der Waals surface area (Å²) >= 11 is 3.85. The van der Waals surface area contributed by atoms with Gasteiger partial charge in [0.15, 0.2) is 0 Å². The average molecular weight is 297 g/mol. The van der Waals surface area contributed by atoms with Crippen LogP contribution in [0.1, 0.15) is 25.5 Å². The van der Waals surface area contributed by atoms with Crippen molar-refractivity contribution in [1.29, 1.82) is 0 Å². The number of nitrogens with zero attached hydrogens (tertiary/aromatic N) is 1. The van der Waals surface area contributed by atoms with Crippen LogP contribution in [-0.2, 0) is 0 Å². The van der Waals surface area contributed by atoms with Crippen molar-refractivity contribution in [2.45, 2.75) is 29.5 Å². The van der Waals surface area contributed by atoms with Crippen LogP contribution in [0.3, 0.4) is 0 Å². The van der Waals surface area contributed by atoms with Crippen molar-refractivity contribution < 1.29 is 0 Å². The second-order valence-corrected chi connectivity index (χ2v) is 8.29. The summed E-state index contributed by atoms with van der Waals surface area (Å²) in [6.45, 7) is 7.60. The van der Waals surface area contributed by atoms with Crippen molar-refractivity contribution in [3.05, 3.63) is 29.8 Å². The lowest BCUT2D eigenvalue weighted by molar-refractivity contribution is 0.192. The fraction of sp³-hybridized carbons (Fsp3) is 0.600. The summed E-state index contributed by atoms with van der Waals surface area (Å²) in [5, 5.41) is 0. The van der Waals surface area contributed by atoms with E-state index in [1.807, 2.05) is 0 Å². The SMILES string of the molecule is CSc1ccc(C(CN)N2CCSC(C)(C)C2)cc1. The van der Waals surface area contributed by atoms with E-state index in [4.69, 9.17) is 5.73 Å². The molecule has 1 fully saturated rings. The molecule has 1 aliphatic rings. The highest BCUT2D eigenvalue weighted by Crippen LogP contribution is 2.34. The Kier molecular flexibility index (Phi) is 5.23. The van der Waals surface area contributed by atoms with Gasteiger partial charge in [0.2, 0.25) is 0 Å². The minimum atomic E-state index is 0.338. The van der Waals surface area contributed by atoms with E-state index in [2.05, 4.69) is 61.0 Å². The molecule has 1 saturated heterocycles. The Labute approximate surface area is 125 Å². The number of thioether (sulfide) groups is 2. The van der Waals surface area contributed by atoms with E-state index in [1.54, 1.807) is 11.8 Å². The third-order valence-electron chi connectivity index (χ3n) is 3.62. The Morgan fingerprint density at radius 3 is 2.58 bits per heavy atom. The molecular weight excluding hydrogens is 272 g/mol. The molecule has 0 radical (unpaired) electrons.